The summed E-state index contributed by atoms with van der Waals surface area (Å²) in [7, 11) is 0. The molecule has 2 rings (SSSR count). The number of rotatable bonds is 4. The van der Waals surface area contributed by atoms with Crippen LogP contribution in [0.4, 0.5) is 10.1 Å². The molecule has 1 aromatic carbocycles. The van der Waals surface area contributed by atoms with Gasteiger partial charge in [-0.05, 0) is 44.2 Å². The van der Waals surface area contributed by atoms with Crippen molar-refractivity contribution in [1.29, 1.82) is 0 Å². The van der Waals surface area contributed by atoms with Gasteiger partial charge in [0.25, 0.3) is 5.91 Å². The number of nitrogens with one attached hydrogen (secondary N) is 1. The van der Waals surface area contributed by atoms with Crippen LogP contribution in [0.25, 0.3) is 0 Å². The normalized spacial score (nSPS) is 10.7. The lowest BCUT2D eigenvalue weighted by Crippen LogP contribution is -2.18. The van der Waals surface area contributed by atoms with Crippen molar-refractivity contribution < 1.29 is 19.1 Å². The molecule has 21 heavy (non-hydrogen) atoms. The summed E-state index contributed by atoms with van der Waals surface area (Å²) in [5.41, 5.74) is 0.132. The van der Waals surface area contributed by atoms with Crippen LogP contribution in [0.15, 0.2) is 36.5 Å². The number of carbonyl (C=O) groups excluding carboxylic acids is 1. The third-order valence-electron chi connectivity index (χ3n) is 3.03. The van der Waals surface area contributed by atoms with Crippen molar-refractivity contribution in [2.24, 2.45) is 0 Å². The van der Waals surface area contributed by atoms with Gasteiger partial charge in [-0.3, -0.25) is 4.79 Å². The molecular weight excluding hydrogens is 275 g/mol. The zero-order chi connectivity index (χ0) is 15.6. The quantitative estimate of drug-likeness (QED) is 0.908. The van der Waals surface area contributed by atoms with E-state index in [2.05, 4.69) is 5.32 Å². The van der Waals surface area contributed by atoms with E-state index in [1.807, 2.05) is 13.8 Å². The van der Waals surface area contributed by atoms with E-state index in [1.165, 1.54) is 0 Å². The van der Waals surface area contributed by atoms with Gasteiger partial charge in [0, 0.05) is 12.2 Å². The van der Waals surface area contributed by atoms with Gasteiger partial charge in [0.05, 0.1) is 11.3 Å². The number of benzene rings is 1. The van der Waals surface area contributed by atoms with Crippen LogP contribution in [-0.2, 0) is 0 Å². The Morgan fingerprint density at radius 2 is 2.00 bits per heavy atom. The standard InChI is InChI=1S/C15H15FN2O3/c1-9(2)18-7-3-4-13(18)14(19)17-12-8-10(15(20)21)5-6-11(12)16/h3-9H,1-2H3,(H,17,19)(H,20,21). The lowest BCUT2D eigenvalue weighted by Gasteiger charge is -2.13. The molecule has 6 heteroatoms. The zero-order valence-corrected chi connectivity index (χ0v) is 11.6. The van der Waals surface area contributed by atoms with E-state index < -0.39 is 17.7 Å². The Kier molecular flexibility index (Phi) is 4.07. The lowest BCUT2D eigenvalue weighted by atomic mass is 10.2. The predicted molar refractivity (Wildman–Crippen MR) is 76.1 cm³/mol. The summed E-state index contributed by atoms with van der Waals surface area (Å²) in [4.78, 5) is 23.1. The average Bonchev–Trinajstić information content (AvgIpc) is 2.90. The summed E-state index contributed by atoms with van der Waals surface area (Å²) in [6.45, 7) is 3.84. The van der Waals surface area contributed by atoms with Gasteiger partial charge in [-0.2, -0.15) is 0 Å². The molecule has 1 heterocycles. The number of hydrogen-bond donors (Lipinski definition) is 2. The van der Waals surface area contributed by atoms with Crippen LogP contribution in [-0.4, -0.2) is 21.6 Å². The van der Waals surface area contributed by atoms with Gasteiger partial charge in [0.2, 0.25) is 0 Å². The van der Waals surface area contributed by atoms with Crippen LogP contribution >= 0.6 is 0 Å². The third-order valence-corrected chi connectivity index (χ3v) is 3.03. The van der Waals surface area contributed by atoms with E-state index in [4.69, 9.17) is 5.11 Å². The molecule has 0 aliphatic heterocycles. The summed E-state index contributed by atoms with van der Waals surface area (Å²) in [5, 5.41) is 11.3. The minimum Gasteiger partial charge on any atom is -0.478 e. The number of aromatic carboxylic acids is 1. The molecule has 1 aromatic heterocycles. The number of carboxylic acids is 1. The molecule has 0 fully saturated rings. The predicted octanol–water partition coefficient (Wildman–Crippen LogP) is 3.16. The van der Waals surface area contributed by atoms with E-state index in [9.17, 15) is 14.0 Å². The Hall–Kier alpha value is -2.63. The molecule has 110 valence electrons. The minimum absolute atomic E-state index is 0.0796. The number of carboxylic acid groups (broad SMARTS) is 1. The van der Waals surface area contributed by atoms with Gasteiger partial charge in [0.15, 0.2) is 0 Å². The van der Waals surface area contributed by atoms with Gasteiger partial charge in [0.1, 0.15) is 11.5 Å². The smallest absolute Gasteiger partial charge is 0.335 e. The van der Waals surface area contributed by atoms with Crippen molar-refractivity contribution in [3.63, 3.8) is 0 Å². The van der Waals surface area contributed by atoms with Crippen LogP contribution in [0, 0.1) is 5.82 Å². The largest absolute Gasteiger partial charge is 0.478 e. The molecule has 0 aliphatic rings. The maximum Gasteiger partial charge on any atom is 0.335 e. The molecule has 0 bridgehead atoms. The monoisotopic (exact) mass is 290 g/mol. The fraction of sp³-hybridized carbons (Fsp3) is 0.200. The third kappa shape index (κ3) is 3.10. The van der Waals surface area contributed by atoms with Crippen LogP contribution in [0.1, 0.15) is 40.7 Å². The highest BCUT2D eigenvalue weighted by atomic mass is 19.1. The van der Waals surface area contributed by atoms with Gasteiger partial charge >= 0.3 is 5.97 Å². The molecule has 0 aliphatic carbocycles. The summed E-state index contributed by atoms with van der Waals surface area (Å²) >= 11 is 0. The maximum absolute atomic E-state index is 13.7. The van der Waals surface area contributed by atoms with E-state index in [1.54, 1.807) is 22.9 Å². The SMILES string of the molecule is CC(C)n1cccc1C(=O)Nc1cc(C(=O)O)ccc1F. The minimum atomic E-state index is -1.18. The van der Waals surface area contributed by atoms with Crippen LogP contribution in [0.3, 0.4) is 0 Å². The number of nitrogens with zero attached hydrogens (tertiary/aromatic N) is 1. The fourth-order valence-corrected chi connectivity index (χ4v) is 1.98. The highest BCUT2D eigenvalue weighted by Crippen LogP contribution is 2.18. The van der Waals surface area contributed by atoms with Crippen molar-refractivity contribution in [3.8, 4) is 0 Å². The molecule has 5 nitrogen and oxygen atoms in total. The first-order valence-corrected chi connectivity index (χ1v) is 6.41. The van der Waals surface area contributed by atoms with Crippen molar-refractivity contribution in [1.82, 2.24) is 4.57 Å². The van der Waals surface area contributed by atoms with Crippen LogP contribution < -0.4 is 5.32 Å². The van der Waals surface area contributed by atoms with Crippen molar-refractivity contribution in [2.75, 3.05) is 5.32 Å². The Morgan fingerprint density at radius 3 is 2.62 bits per heavy atom. The number of carbonyl (C=O) groups is 2. The molecule has 0 unspecified atom stereocenters. The first-order valence-electron chi connectivity index (χ1n) is 6.41. The Labute approximate surface area is 121 Å². The van der Waals surface area contributed by atoms with Gasteiger partial charge in [-0.1, -0.05) is 0 Å². The van der Waals surface area contributed by atoms with E-state index in [0.29, 0.717) is 5.69 Å². The van der Waals surface area contributed by atoms with E-state index >= 15 is 0 Å². The van der Waals surface area contributed by atoms with Crippen LogP contribution in [0.2, 0.25) is 0 Å². The fourth-order valence-electron chi connectivity index (χ4n) is 1.98. The number of aromatic nitrogens is 1. The number of anilines is 1. The summed E-state index contributed by atoms with van der Waals surface area (Å²) < 4.78 is 15.4. The second kappa shape index (κ2) is 5.78. The van der Waals surface area contributed by atoms with Gasteiger partial charge in [-0.15, -0.1) is 0 Å². The van der Waals surface area contributed by atoms with Crippen molar-refractivity contribution >= 4 is 17.6 Å². The molecule has 0 saturated carbocycles. The molecule has 2 aromatic rings. The first-order chi connectivity index (χ1) is 9.90. The van der Waals surface area contributed by atoms with E-state index in [-0.39, 0.29) is 17.3 Å². The summed E-state index contributed by atoms with van der Waals surface area (Å²) in [6, 6.07) is 6.67. The summed E-state index contributed by atoms with van der Waals surface area (Å²) in [5.74, 6) is -2.36. The van der Waals surface area contributed by atoms with Gasteiger partial charge < -0.3 is 15.0 Å². The average molecular weight is 290 g/mol. The first kappa shape index (κ1) is 14.8. The summed E-state index contributed by atoms with van der Waals surface area (Å²) in [6.07, 6.45) is 1.75. The Balaban J connectivity index is 2.29. The van der Waals surface area contributed by atoms with E-state index in [0.717, 1.165) is 18.2 Å². The second-order valence-corrected chi connectivity index (χ2v) is 4.85. The second-order valence-electron chi connectivity index (χ2n) is 4.85. The lowest BCUT2D eigenvalue weighted by molar-refractivity contribution is 0.0696. The van der Waals surface area contributed by atoms with Crippen molar-refractivity contribution in [3.05, 3.63) is 53.6 Å². The van der Waals surface area contributed by atoms with Crippen LogP contribution in [0.5, 0.6) is 0 Å². The highest BCUT2D eigenvalue weighted by molar-refractivity contribution is 6.04. The number of hydrogen-bond acceptors (Lipinski definition) is 2. The molecule has 1 amide bonds. The number of halogens is 1. The molecular formula is C15H15FN2O3. The molecule has 0 radical (unpaired) electrons. The Bertz CT molecular complexity index is 692. The van der Waals surface area contributed by atoms with Crippen molar-refractivity contribution in [2.45, 2.75) is 19.9 Å². The molecule has 0 saturated heterocycles. The molecule has 2 N–H and O–H groups in total. The zero-order valence-electron chi connectivity index (χ0n) is 11.6. The molecule has 0 atom stereocenters. The Morgan fingerprint density at radius 1 is 1.29 bits per heavy atom. The maximum atomic E-state index is 13.7. The molecule has 0 spiro atoms. The topological polar surface area (TPSA) is 71.3 Å². The highest BCUT2D eigenvalue weighted by Gasteiger charge is 2.16. The van der Waals surface area contributed by atoms with Gasteiger partial charge in [-0.25, -0.2) is 9.18 Å². The number of amides is 1.